The number of hydrogen-bond donors (Lipinski definition) is 0. The zero-order valence-corrected chi connectivity index (χ0v) is 16.2. The van der Waals surface area contributed by atoms with Crippen LogP contribution in [0.15, 0.2) is 12.1 Å². The number of esters is 1. The van der Waals surface area contributed by atoms with Gasteiger partial charge in [0.2, 0.25) is 0 Å². The molecule has 1 unspecified atom stereocenters. The third kappa shape index (κ3) is 6.85. The van der Waals surface area contributed by atoms with Crippen LogP contribution in [0.5, 0.6) is 17.2 Å². The van der Waals surface area contributed by atoms with Crippen LogP contribution in [0.1, 0.15) is 51.5 Å². The number of unbranched alkanes of at least 4 members (excludes halogenated alkanes) is 1. The molecule has 0 bridgehead atoms. The average molecular weight is 352 g/mol. The molecule has 0 amide bonds. The fourth-order valence-corrected chi connectivity index (χ4v) is 2.71. The van der Waals surface area contributed by atoms with E-state index >= 15 is 0 Å². The Balaban J connectivity index is 2.60. The first kappa shape index (κ1) is 21.1. The maximum atomic E-state index is 12.1. The van der Waals surface area contributed by atoms with E-state index in [1.165, 1.54) is 12.8 Å². The molecule has 0 aliphatic rings. The Morgan fingerprint density at radius 1 is 1.00 bits per heavy atom. The molecule has 0 saturated carbocycles. The molecule has 0 radical (unpaired) electrons. The summed E-state index contributed by atoms with van der Waals surface area (Å²) in [6, 6.07) is 3.62. The molecular weight excluding hydrogens is 320 g/mol. The molecule has 1 aromatic carbocycles. The van der Waals surface area contributed by atoms with Crippen molar-refractivity contribution >= 4 is 5.97 Å². The van der Waals surface area contributed by atoms with Gasteiger partial charge < -0.3 is 18.9 Å². The van der Waals surface area contributed by atoms with Gasteiger partial charge in [0.25, 0.3) is 0 Å². The van der Waals surface area contributed by atoms with Crippen LogP contribution in [0.4, 0.5) is 0 Å². The zero-order chi connectivity index (χ0) is 18.7. The van der Waals surface area contributed by atoms with Gasteiger partial charge in [-0.2, -0.15) is 0 Å². The van der Waals surface area contributed by atoms with Gasteiger partial charge in [-0.25, -0.2) is 0 Å². The molecule has 5 nitrogen and oxygen atoms in total. The summed E-state index contributed by atoms with van der Waals surface area (Å²) < 4.78 is 21.4. The monoisotopic (exact) mass is 352 g/mol. The van der Waals surface area contributed by atoms with E-state index in [1.807, 2.05) is 6.07 Å². The van der Waals surface area contributed by atoms with Crippen LogP contribution in [0.25, 0.3) is 0 Å². The summed E-state index contributed by atoms with van der Waals surface area (Å²) in [6.45, 7) is 4.83. The summed E-state index contributed by atoms with van der Waals surface area (Å²) in [4.78, 5) is 12.1. The van der Waals surface area contributed by atoms with Crippen molar-refractivity contribution in [2.24, 2.45) is 5.92 Å². The molecular formula is C20H32O5. The Bertz CT molecular complexity index is 527. The van der Waals surface area contributed by atoms with E-state index in [1.54, 1.807) is 27.4 Å². The van der Waals surface area contributed by atoms with Crippen molar-refractivity contribution in [3.63, 3.8) is 0 Å². The Morgan fingerprint density at radius 2 is 1.64 bits per heavy atom. The van der Waals surface area contributed by atoms with E-state index in [4.69, 9.17) is 18.9 Å². The zero-order valence-electron chi connectivity index (χ0n) is 16.2. The van der Waals surface area contributed by atoms with Crippen LogP contribution < -0.4 is 14.2 Å². The molecule has 142 valence electrons. The number of ether oxygens (including phenoxy) is 4. The molecule has 1 rings (SSSR count). The summed E-state index contributed by atoms with van der Waals surface area (Å²) >= 11 is 0. The van der Waals surface area contributed by atoms with Gasteiger partial charge in [-0.15, -0.1) is 0 Å². The van der Waals surface area contributed by atoms with E-state index in [9.17, 15) is 4.79 Å². The molecule has 0 aromatic heterocycles. The minimum Gasteiger partial charge on any atom is -0.496 e. The standard InChI is InChI=1S/C20H32O5/c1-6-8-9-15(7-2)14-25-20(21)11-10-16-12-18(23-4)19(24-5)13-17(16)22-3/h12-13,15H,6-11,14H2,1-5H3. The van der Waals surface area contributed by atoms with Gasteiger partial charge in [0.1, 0.15) is 5.75 Å². The van der Waals surface area contributed by atoms with E-state index in [-0.39, 0.29) is 5.97 Å². The molecule has 0 N–H and O–H groups in total. The van der Waals surface area contributed by atoms with E-state index in [2.05, 4.69) is 13.8 Å². The van der Waals surface area contributed by atoms with Crippen LogP contribution in [0.2, 0.25) is 0 Å². The van der Waals surface area contributed by atoms with Crippen LogP contribution in [-0.4, -0.2) is 33.9 Å². The van der Waals surface area contributed by atoms with Crippen LogP contribution >= 0.6 is 0 Å². The Hall–Kier alpha value is -1.91. The van der Waals surface area contributed by atoms with Crippen LogP contribution in [0.3, 0.4) is 0 Å². The van der Waals surface area contributed by atoms with Gasteiger partial charge in [-0.3, -0.25) is 4.79 Å². The second kappa shape index (κ2) is 11.6. The molecule has 0 heterocycles. The fourth-order valence-electron chi connectivity index (χ4n) is 2.71. The molecule has 0 fully saturated rings. The lowest BCUT2D eigenvalue weighted by Crippen LogP contribution is -2.14. The maximum Gasteiger partial charge on any atom is 0.306 e. The SMILES string of the molecule is CCCCC(CC)COC(=O)CCc1cc(OC)c(OC)cc1OC. The first-order chi connectivity index (χ1) is 12.1. The predicted molar refractivity (Wildman–Crippen MR) is 98.7 cm³/mol. The molecule has 25 heavy (non-hydrogen) atoms. The Labute approximate surface area is 151 Å². The summed E-state index contributed by atoms with van der Waals surface area (Å²) in [6.07, 6.45) is 5.35. The quantitative estimate of drug-likeness (QED) is 0.522. The highest BCUT2D eigenvalue weighted by Crippen LogP contribution is 2.35. The van der Waals surface area contributed by atoms with Crippen LogP contribution in [-0.2, 0) is 16.0 Å². The predicted octanol–water partition coefficient (Wildman–Crippen LogP) is 4.40. The first-order valence-corrected chi connectivity index (χ1v) is 9.03. The number of hydrogen-bond acceptors (Lipinski definition) is 5. The van der Waals surface area contributed by atoms with Crippen molar-refractivity contribution in [1.29, 1.82) is 0 Å². The molecule has 0 aliphatic heterocycles. The number of rotatable bonds is 12. The minimum absolute atomic E-state index is 0.174. The van der Waals surface area contributed by atoms with Crippen LogP contribution in [0, 0.1) is 5.92 Å². The number of methoxy groups -OCH3 is 3. The average Bonchev–Trinajstić information content (AvgIpc) is 2.65. The molecule has 1 aromatic rings. The molecule has 1 atom stereocenters. The fraction of sp³-hybridized carbons (Fsp3) is 0.650. The Morgan fingerprint density at radius 3 is 2.20 bits per heavy atom. The normalized spacial score (nSPS) is 11.7. The molecule has 0 aliphatic carbocycles. The van der Waals surface area contributed by atoms with Crippen molar-refractivity contribution < 1.29 is 23.7 Å². The second-order valence-corrected chi connectivity index (χ2v) is 6.12. The van der Waals surface area contributed by atoms with Crippen molar-refractivity contribution in [3.05, 3.63) is 17.7 Å². The lowest BCUT2D eigenvalue weighted by molar-refractivity contribution is -0.145. The van der Waals surface area contributed by atoms with Gasteiger partial charge >= 0.3 is 5.97 Å². The lowest BCUT2D eigenvalue weighted by Gasteiger charge is -2.16. The van der Waals surface area contributed by atoms with Gasteiger partial charge in [0.15, 0.2) is 11.5 Å². The van der Waals surface area contributed by atoms with E-state index < -0.39 is 0 Å². The number of carbonyl (C=O) groups excluding carboxylic acids is 1. The highest BCUT2D eigenvalue weighted by Gasteiger charge is 2.15. The highest BCUT2D eigenvalue weighted by atomic mass is 16.5. The maximum absolute atomic E-state index is 12.1. The van der Waals surface area contributed by atoms with Gasteiger partial charge in [0, 0.05) is 12.5 Å². The summed E-state index contributed by atoms with van der Waals surface area (Å²) in [5.41, 5.74) is 0.898. The second-order valence-electron chi connectivity index (χ2n) is 6.12. The van der Waals surface area contributed by atoms with Crippen molar-refractivity contribution in [3.8, 4) is 17.2 Å². The topological polar surface area (TPSA) is 54.0 Å². The third-order valence-corrected chi connectivity index (χ3v) is 4.41. The van der Waals surface area contributed by atoms with Crippen molar-refractivity contribution in [1.82, 2.24) is 0 Å². The van der Waals surface area contributed by atoms with Crippen molar-refractivity contribution in [2.75, 3.05) is 27.9 Å². The van der Waals surface area contributed by atoms with E-state index in [0.717, 1.165) is 18.4 Å². The molecule has 0 saturated heterocycles. The summed E-state index contributed by atoms with van der Waals surface area (Å²) in [5, 5.41) is 0. The number of carbonyl (C=O) groups is 1. The summed E-state index contributed by atoms with van der Waals surface area (Å²) in [5.74, 6) is 2.19. The van der Waals surface area contributed by atoms with Gasteiger partial charge in [-0.1, -0.05) is 33.1 Å². The van der Waals surface area contributed by atoms with E-state index in [0.29, 0.717) is 42.6 Å². The Kier molecular flexibility index (Phi) is 9.81. The van der Waals surface area contributed by atoms with Crippen molar-refractivity contribution in [2.45, 2.75) is 52.4 Å². The molecule has 0 spiro atoms. The lowest BCUT2D eigenvalue weighted by atomic mass is 10.0. The first-order valence-electron chi connectivity index (χ1n) is 9.03. The van der Waals surface area contributed by atoms with Gasteiger partial charge in [-0.05, 0) is 30.4 Å². The number of benzene rings is 1. The summed E-state index contributed by atoms with van der Waals surface area (Å²) in [7, 11) is 4.77. The number of aryl methyl sites for hydroxylation is 1. The molecule has 5 heteroatoms. The third-order valence-electron chi connectivity index (χ3n) is 4.41. The smallest absolute Gasteiger partial charge is 0.306 e. The highest BCUT2D eigenvalue weighted by molar-refractivity contribution is 5.70. The van der Waals surface area contributed by atoms with Gasteiger partial charge in [0.05, 0.1) is 27.9 Å². The largest absolute Gasteiger partial charge is 0.496 e. The minimum atomic E-state index is -0.174.